The van der Waals surface area contributed by atoms with Crippen molar-refractivity contribution < 1.29 is 40.2 Å². The second-order valence-corrected chi connectivity index (χ2v) is 8.28. The molecule has 2 aromatic carbocycles. The number of hydrogen-bond acceptors (Lipinski definition) is 4. The summed E-state index contributed by atoms with van der Waals surface area (Å²) in [7, 11) is 0. The fourth-order valence-corrected chi connectivity index (χ4v) is 4.47. The molecule has 2 N–H and O–H groups in total. The first kappa shape index (κ1) is 27.7. The van der Waals surface area contributed by atoms with E-state index in [2.05, 4.69) is 13.8 Å². The van der Waals surface area contributed by atoms with Crippen LogP contribution in [0.3, 0.4) is 0 Å². The Labute approximate surface area is 195 Å². The average Bonchev–Trinajstić information content (AvgIpc) is 2.69. The molecule has 0 aliphatic heterocycles. The Kier molecular flexibility index (Phi) is 15.8. The zero-order chi connectivity index (χ0) is 20.8. The second kappa shape index (κ2) is 16.5. The van der Waals surface area contributed by atoms with Crippen molar-refractivity contribution in [1.82, 2.24) is 0 Å². The van der Waals surface area contributed by atoms with Gasteiger partial charge in [0.05, 0.1) is 11.1 Å². The van der Waals surface area contributed by atoms with Gasteiger partial charge in [-0.1, -0.05) is 51.0 Å². The minimum absolute atomic E-state index is 0. The van der Waals surface area contributed by atoms with Gasteiger partial charge in [0.1, 0.15) is 0 Å². The molecule has 0 unspecified atom stereocenters. The molecule has 0 fully saturated rings. The SMILES string of the molecule is CCCCSc1ccccc1C(=O)O.CCCCSc1ccccc1C(=O)O.[Pd]. The van der Waals surface area contributed by atoms with E-state index in [-0.39, 0.29) is 20.4 Å². The summed E-state index contributed by atoms with van der Waals surface area (Å²) >= 11 is 3.24. The third-order valence-corrected chi connectivity index (χ3v) is 6.07. The topological polar surface area (TPSA) is 74.6 Å². The average molecular weight is 527 g/mol. The molecule has 0 aliphatic carbocycles. The Morgan fingerprint density at radius 1 is 0.724 bits per heavy atom. The van der Waals surface area contributed by atoms with Crippen molar-refractivity contribution in [3.63, 3.8) is 0 Å². The van der Waals surface area contributed by atoms with Crippen LogP contribution >= 0.6 is 23.5 Å². The van der Waals surface area contributed by atoms with Crippen molar-refractivity contribution >= 4 is 35.5 Å². The molecule has 4 nitrogen and oxygen atoms in total. The first-order valence-corrected chi connectivity index (χ1v) is 11.4. The van der Waals surface area contributed by atoms with Crippen LogP contribution in [0.4, 0.5) is 0 Å². The number of benzene rings is 2. The summed E-state index contributed by atoms with van der Waals surface area (Å²) < 4.78 is 0. The maximum atomic E-state index is 10.8. The quantitative estimate of drug-likeness (QED) is 0.208. The third-order valence-electron chi connectivity index (χ3n) is 3.75. The smallest absolute Gasteiger partial charge is 0.336 e. The molecular formula is C22H28O4PdS2. The maximum absolute atomic E-state index is 10.8. The number of carboxylic acid groups (broad SMARTS) is 2. The molecule has 2 rings (SSSR count). The van der Waals surface area contributed by atoms with Crippen molar-refractivity contribution in [3.8, 4) is 0 Å². The van der Waals surface area contributed by atoms with Crippen molar-refractivity contribution in [3.05, 3.63) is 59.7 Å². The van der Waals surface area contributed by atoms with E-state index in [9.17, 15) is 9.59 Å². The van der Waals surface area contributed by atoms with Gasteiger partial charge in [-0.3, -0.25) is 0 Å². The Morgan fingerprint density at radius 3 is 1.38 bits per heavy atom. The molecule has 0 bridgehead atoms. The summed E-state index contributed by atoms with van der Waals surface area (Å²) in [5.41, 5.74) is 0.821. The van der Waals surface area contributed by atoms with Crippen LogP contribution in [0.15, 0.2) is 58.3 Å². The largest absolute Gasteiger partial charge is 0.478 e. The van der Waals surface area contributed by atoms with Gasteiger partial charge in [-0.2, -0.15) is 0 Å². The number of rotatable bonds is 10. The van der Waals surface area contributed by atoms with Gasteiger partial charge >= 0.3 is 11.9 Å². The fourth-order valence-electron chi connectivity index (χ4n) is 2.19. The van der Waals surface area contributed by atoms with Crippen LogP contribution in [0.2, 0.25) is 0 Å². The maximum Gasteiger partial charge on any atom is 0.336 e. The normalized spacial score (nSPS) is 9.72. The molecule has 162 valence electrons. The van der Waals surface area contributed by atoms with E-state index in [1.54, 1.807) is 47.8 Å². The molecule has 0 aromatic heterocycles. The molecule has 29 heavy (non-hydrogen) atoms. The van der Waals surface area contributed by atoms with Crippen molar-refractivity contribution in [2.45, 2.75) is 49.3 Å². The molecule has 0 saturated heterocycles. The number of unbranched alkanes of at least 4 members (excludes halogenated alkanes) is 2. The Morgan fingerprint density at radius 2 is 1.07 bits per heavy atom. The monoisotopic (exact) mass is 526 g/mol. The number of carbonyl (C=O) groups is 2. The van der Waals surface area contributed by atoms with Gasteiger partial charge in [0.15, 0.2) is 0 Å². The van der Waals surface area contributed by atoms with Gasteiger partial charge < -0.3 is 10.2 Å². The van der Waals surface area contributed by atoms with Gasteiger partial charge in [0.2, 0.25) is 0 Å². The summed E-state index contributed by atoms with van der Waals surface area (Å²) in [6.07, 6.45) is 4.53. The zero-order valence-corrected chi connectivity index (χ0v) is 19.9. The van der Waals surface area contributed by atoms with E-state index in [0.717, 1.165) is 47.0 Å². The minimum atomic E-state index is -0.843. The van der Waals surface area contributed by atoms with Crippen molar-refractivity contribution in [2.24, 2.45) is 0 Å². The molecule has 0 amide bonds. The van der Waals surface area contributed by atoms with Crippen LogP contribution in [-0.4, -0.2) is 33.7 Å². The summed E-state index contributed by atoms with van der Waals surface area (Å²) in [5.74, 6) is 0.288. The van der Waals surface area contributed by atoms with E-state index >= 15 is 0 Å². The molecule has 0 heterocycles. The fraction of sp³-hybridized carbons (Fsp3) is 0.364. The predicted octanol–water partition coefficient (Wildman–Crippen LogP) is 6.55. The predicted molar refractivity (Wildman–Crippen MR) is 118 cm³/mol. The summed E-state index contributed by atoms with van der Waals surface area (Å²) in [6, 6.07) is 14.3. The van der Waals surface area contributed by atoms with Crippen LogP contribution in [0.25, 0.3) is 0 Å². The summed E-state index contributed by atoms with van der Waals surface area (Å²) in [4.78, 5) is 23.4. The van der Waals surface area contributed by atoms with E-state index in [1.165, 1.54) is 0 Å². The minimum Gasteiger partial charge on any atom is -0.478 e. The molecule has 0 spiro atoms. The van der Waals surface area contributed by atoms with E-state index in [4.69, 9.17) is 10.2 Å². The molecule has 0 saturated carbocycles. The van der Waals surface area contributed by atoms with E-state index < -0.39 is 11.9 Å². The first-order chi connectivity index (χ1) is 13.5. The van der Waals surface area contributed by atoms with Gasteiger partial charge in [-0.15, -0.1) is 23.5 Å². The van der Waals surface area contributed by atoms with Gasteiger partial charge in [-0.25, -0.2) is 9.59 Å². The number of hydrogen-bond donors (Lipinski definition) is 2. The van der Waals surface area contributed by atoms with E-state index in [0.29, 0.717) is 11.1 Å². The van der Waals surface area contributed by atoms with Crippen molar-refractivity contribution in [1.29, 1.82) is 0 Å². The van der Waals surface area contributed by atoms with Crippen molar-refractivity contribution in [2.75, 3.05) is 11.5 Å². The standard InChI is InChI=1S/2C11H14O2S.Pd/c2*1-2-3-8-14-10-7-5-4-6-9(10)11(12)13;/h2*4-7H,2-3,8H2,1H3,(H,12,13);. The van der Waals surface area contributed by atoms with Crippen LogP contribution in [0.1, 0.15) is 60.2 Å². The number of carboxylic acids is 2. The Balaban J connectivity index is 0.000000523. The summed E-state index contributed by atoms with van der Waals surface area (Å²) in [6.45, 7) is 4.26. The van der Waals surface area contributed by atoms with Crippen LogP contribution in [0, 0.1) is 0 Å². The number of thioether (sulfide) groups is 2. The Bertz CT molecular complexity index is 690. The first-order valence-electron chi connectivity index (χ1n) is 9.41. The zero-order valence-electron chi connectivity index (χ0n) is 16.7. The van der Waals surface area contributed by atoms with Crippen LogP contribution in [-0.2, 0) is 20.4 Å². The van der Waals surface area contributed by atoms with Gasteiger partial charge in [-0.05, 0) is 48.6 Å². The molecule has 0 aliphatic rings. The molecule has 0 radical (unpaired) electrons. The molecule has 0 atom stereocenters. The molecular weight excluding hydrogens is 499 g/mol. The summed E-state index contributed by atoms with van der Waals surface area (Å²) in [5, 5.41) is 17.8. The van der Waals surface area contributed by atoms with E-state index in [1.807, 2.05) is 24.3 Å². The third kappa shape index (κ3) is 10.9. The Hall–Kier alpha value is -1.26. The van der Waals surface area contributed by atoms with Gasteiger partial charge in [0.25, 0.3) is 0 Å². The van der Waals surface area contributed by atoms with Crippen LogP contribution < -0.4 is 0 Å². The van der Waals surface area contributed by atoms with Crippen LogP contribution in [0.5, 0.6) is 0 Å². The molecule has 2 aromatic rings. The molecule has 7 heteroatoms. The second-order valence-electron chi connectivity index (χ2n) is 6.01. The van der Waals surface area contributed by atoms with Gasteiger partial charge in [0, 0.05) is 30.2 Å². The number of aromatic carboxylic acids is 2.